The molecule has 3 atom stereocenters. The van der Waals surface area contributed by atoms with E-state index in [1.54, 1.807) is 27.7 Å². The van der Waals surface area contributed by atoms with Crippen LogP contribution in [0.15, 0.2) is 34.7 Å². The second-order valence-corrected chi connectivity index (χ2v) is 8.84. The Labute approximate surface area is 201 Å². The van der Waals surface area contributed by atoms with Crippen LogP contribution < -0.4 is 10.1 Å². The lowest BCUT2D eigenvalue weighted by atomic mass is 9.69. The van der Waals surface area contributed by atoms with E-state index in [9.17, 15) is 29.6 Å². The van der Waals surface area contributed by atoms with Gasteiger partial charge in [-0.1, -0.05) is 6.92 Å². The van der Waals surface area contributed by atoms with Crippen LogP contribution in [0.3, 0.4) is 0 Å². The summed E-state index contributed by atoms with van der Waals surface area (Å²) >= 11 is 0. The summed E-state index contributed by atoms with van der Waals surface area (Å²) < 4.78 is 15.4. The molecule has 0 saturated heterocycles. The Bertz CT molecular complexity index is 1170. The van der Waals surface area contributed by atoms with Crippen molar-refractivity contribution in [2.24, 2.45) is 11.8 Å². The van der Waals surface area contributed by atoms with Gasteiger partial charge in [-0.25, -0.2) is 4.79 Å². The first kappa shape index (κ1) is 25.7. The number of allylic oxidation sites excluding steroid dienone is 3. The number of ketones is 1. The number of hydrogen-bond acceptors (Lipinski definition) is 10. The first-order chi connectivity index (χ1) is 16.4. The summed E-state index contributed by atoms with van der Waals surface area (Å²) in [6.07, 6.45) is -0.175. The molecule has 0 aromatic heterocycles. The van der Waals surface area contributed by atoms with Crippen LogP contribution in [0.5, 0.6) is 11.5 Å². The predicted molar refractivity (Wildman–Crippen MR) is 122 cm³/mol. The number of hydrogen-bond donors (Lipinski definition) is 2. The number of dihydropyridines is 1. The fraction of sp³-hybridized carbons (Fsp3) is 0.458. The fourth-order valence-corrected chi connectivity index (χ4v) is 4.64. The second kappa shape index (κ2) is 9.77. The molecule has 1 aliphatic heterocycles. The van der Waals surface area contributed by atoms with E-state index < -0.39 is 52.0 Å². The van der Waals surface area contributed by atoms with E-state index in [0.717, 1.165) is 6.07 Å². The smallest absolute Gasteiger partial charge is 0.337 e. The van der Waals surface area contributed by atoms with Gasteiger partial charge in [-0.15, -0.1) is 0 Å². The number of nitro groups is 1. The molecule has 1 aromatic carbocycles. The summed E-state index contributed by atoms with van der Waals surface area (Å²) in [5, 5.41) is 25.0. The molecule has 0 radical (unpaired) electrons. The minimum Gasteiger partial charge on any atom is -0.500 e. The molecule has 3 rings (SSSR count). The van der Waals surface area contributed by atoms with Gasteiger partial charge in [0.2, 0.25) is 5.75 Å². The summed E-state index contributed by atoms with van der Waals surface area (Å²) in [6, 6.07) is 2.42. The SMILES string of the molecule is COC(=O)[C@H]1C(=O)C2=C(C[C@H]1C)NC(C)=C(C(=O)OC(C)C)[C@@H]2c1cc(OC)c(O)c([N+](=O)[O-])c1. The van der Waals surface area contributed by atoms with Gasteiger partial charge in [-0.2, -0.15) is 0 Å². The molecular formula is C24H28N2O9. The third-order valence-corrected chi connectivity index (χ3v) is 6.13. The van der Waals surface area contributed by atoms with E-state index >= 15 is 0 Å². The molecule has 11 nitrogen and oxygen atoms in total. The van der Waals surface area contributed by atoms with Gasteiger partial charge in [-0.3, -0.25) is 19.7 Å². The van der Waals surface area contributed by atoms with Gasteiger partial charge in [0, 0.05) is 29.0 Å². The van der Waals surface area contributed by atoms with E-state index in [-0.39, 0.29) is 28.4 Å². The van der Waals surface area contributed by atoms with Crippen molar-refractivity contribution < 1.29 is 38.6 Å². The summed E-state index contributed by atoms with van der Waals surface area (Å²) in [4.78, 5) is 50.3. The van der Waals surface area contributed by atoms with Gasteiger partial charge >= 0.3 is 17.6 Å². The Kier molecular flexibility index (Phi) is 7.18. The van der Waals surface area contributed by atoms with Crippen molar-refractivity contribution in [2.75, 3.05) is 14.2 Å². The molecule has 0 spiro atoms. The lowest BCUT2D eigenvalue weighted by molar-refractivity contribution is -0.386. The topological polar surface area (TPSA) is 154 Å². The van der Waals surface area contributed by atoms with Crippen LogP contribution in [0.1, 0.15) is 45.6 Å². The summed E-state index contributed by atoms with van der Waals surface area (Å²) in [5.74, 6) is -5.49. The van der Waals surface area contributed by atoms with Crippen molar-refractivity contribution in [3.05, 3.63) is 50.4 Å². The minimum absolute atomic E-state index is 0.0611. The van der Waals surface area contributed by atoms with Crippen molar-refractivity contribution in [2.45, 2.75) is 46.1 Å². The van der Waals surface area contributed by atoms with Crippen LogP contribution >= 0.6 is 0 Å². The van der Waals surface area contributed by atoms with E-state index in [1.165, 1.54) is 20.3 Å². The highest BCUT2D eigenvalue weighted by Gasteiger charge is 2.47. The molecule has 0 fully saturated rings. The van der Waals surface area contributed by atoms with Crippen LogP contribution in [-0.4, -0.2) is 48.1 Å². The van der Waals surface area contributed by atoms with Crippen molar-refractivity contribution in [3.63, 3.8) is 0 Å². The van der Waals surface area contributed by atoms with Crippen molar-refractivity contribution >= 4 is 23.4 Å². The Morgan fingerprint density at radius 3 is 2.46 bits per heavy atom. The number of rotatable bonds is 6. The number of esters is 2. The average Bonchev–Trinajstić information content (AvgIpc) is 2.77. The molecule has 0 saturated carbocycles. The third-order valence-electron chi connectivity index (χ3n) is 6.13. The standard InChI is InChI=1S/C24H28N2O9/c1-10(2)35-24(30)18-12(4)25-14-7-11(3)17(23(29)34-6)22(28)20(14)19(18)13-8-15(26(31)32)21(27)16(9-13)33-5/h8-11,17,19,25,27H,7H2,1-6H3/t11-,17-,19+/m1/s1. The molecule has 0 bridgehead atoms. The zero-order valence-corrected chi connectivity index (χ0v) is 20.3. The van der Waals surface area contributed by atoms with Crippen molar-refractivity contribution in [3.8, 4) is 11.5 Å². The highest BCUT2D eigenvalue weighted by Crippen LogP contribution is 2.48. The van der Waals surface area contributed by atoms with Gasteiger partial charge in [0.15, 0.2) is 11.5 Å². The van der Waals surface area contributed by atoms with Crippen LogP contribution in [0, 0.1) is 22.0 Å². The Balaban J connectivity index is 2.32. The van der Waals surface area contributed by atoms with Gasteiger partial charge in [0.25, 0.3) is 0 Å². The quantitative estimate of drug-likeness (QED) is 0.264. The monoisotopic (exact) mass is 488 g/mol. The Morgan fingerprint density at radius 2 is 1.91 bits per heavy atom. The van der Waals surface area contributed by atoms with Crippen LogP contribution in [0.25, 0.3) is 0 Å². The summed E-state index contributed by atoms with van der Waals surface area (Å²) in [7, 11) is 2.41. The molecule has 0 amide bonds. The number of ether oxygens (including phenoxy) is 3. The molecule has 188 valence electrons. The summed E-state index contributed by atoms with van der Waals surface area (Å²) in [6.45, 7) is 6.72. The number of phenolic OH excluding ortho intramolecular Hbond substituents is 1. The first-order valence-electron chi connectivity index (χ1n) is 11.0. The summed E-state index contributed by atoms with van der Waals surface area (Å²) in [5.41, 5.74) is 0.580. The zero-order valence-electron chi connectivity index (χ0n) is 20.3. The highest BCUT2D eigenvalue weighted by atomic mass is 16.6. The number of benzene rings is 1. The zero-order chi connectivity index (χ0) is 26.2. The number of nitrogens with zero attached hydrogens (tertiary/aromatic N) is 1. The fourth-order valence-electron chi connectivity index (χ4n) is 4.64. The predicted octanol–water partition coefficient (Wildman–Crippen LogP) is 2.87. The molecule has 1 aromatic rings. The van der Waals surface area contributed by atoms with Crippen molar-refractivity contribution in [1.82, 2.24) is 5.32 Å². The number of nitro benzene ring substituents is 1. The van der Waals surface area contributed by atoms with E-state index in [2.05, 4.69) is 5.32 Å². The lowest BCUT2D eigenvalue weighted by Gasteiger charge is -2.38. The molecule has 35 heavy (non-hydrogen) atoms. The van der Waals surface area contributed by atoms with Crippen LogP contribution in [0.4, 0.5) is 5.69 Å². The maximum atomic E-state index is 13.7. The molecule has 1 aliphatic carbocycles. The van der Waals surface area contributed by atoms with Gasteiger partial charge in [0.1, 0.15) is 5.92 Å². The van der Waals surface area contributed by atoms with Gasteiger partial charge in [-0.05, 0) is 44.7 Å². The number of methoxy groups -OCH3 is 2. The molecule has 1 heterocycles. The van der Waals surface area contributed by atoms with Crippen LogP contribution in [0.2, 0.25) is 0 Å². The molecule has 0 unspecified atom stereocenters. The van der Waals surface area contributed by atoms with Crippen LogP contribution in [-0.2, 0) is 23.9 Å². The Hall–Kier alpha value is -3.89. The van der Waals surface area contributed by atoms with E-state index in [1.807, 2.05) is 0 Å². The number of nitrogens with one attached hydrogen (secondary N) is 1. The Morgan fingerprint density at radius 1 is 1.26 bits per heavy atom. The van der Waals surface area contributed by atoms with Crippen molar-refractivity contribution in [1.29, 1.82) is 0 Å². The largest absolute Gasteiger partial charge is 0.500 e. The number of Topliss-reactive ketones (excluding diaryl/α,β-unsaturated/α-hetero) is 1. The molecule has 2 N–H and O–H groups in total. The van der Waals surface area contributed by atoms with Gasteiger partial charge in [0.05, 0.1) is 30.8 Å². The molecular weight excluding hydrogens is 460 g/mol. The highest BCUT2D eigenvalue weighted by molar-refractivity contribution is 6.12. The van der Waals surface area contributed by atoms with E-state index in [4.69, 9.17) is 14.2 Å². The van der Waals surface area contributed by atoms with Gasteiger partial charge < -0.3 is 24.6 Å². The van der Waals surface area contributed by atoms with E-state index in [0.29, 0.717) is 17.8 Å². The average molecular weight is 488 g/mol. The number of aromatic hydroxyl groups is 1. The number of carbonyl (C=O) groups is 3. The number of carbonyl (C=O) groups excluding carboxylic acids is 3. The maximum Gasteiger partial charge on any atom is 0.337 e. The third kappa shape index (κ3) is 4.58. The molecule has 2 aliphatic rings. The normalized spacial score (nSPS) is 21.9. The molecule has 11 heteroatoms. The minimum atomic E-state index is -1.11. The second-order valence-electron chi connectivity index (χ2n) is 8.84. The first-order valence-corrected chi connectivity index (χ1v) is 11.0. The maximum absolute atomic E-state index is 13.7. The lowest BCUT2D eigenvalue weighted by Crippen LogP contribution is -2.43. The number of phenols is 1.